The molecule has 0 aromatic heterocycles. The summed E-state index contributed by atoms with van der Waals surface area (Å²) < 4.78 is 11.2. The third-order valence-corrected chi connectivity index (χ3v) is 6.19. The average molecular weight is 442 g/mol. The molecule has 1 N–H and O–H groups in total. The van der Waals surface area contributed by atoms with E-state index >= 15 is 0 Å². The average Bonchev–Trinajstić information content (AvgIpc) is 2.71. The fraction of sp³-hybridized carbons (Fsp3) is 0.577. The van der Waals surface area contributed by atoms with E-state index in [1.165, 1.54) is 0 Å². The highest BCUT2D eigenvalue weighted by Gasteiger charge is 2.46. The quantitative estimate of drug-likeness (QED) is 0.435. The summed E-state index contributed by atoms with van der Waals surface area (Å²) in [5.41, 5.74) is 2.58. The monoisotopic (exact) mass is 441 g/mol. The van der Waals surface area contributed by atoms with Crippen LogP contribution in [0.4, 0.5) is 0 Å². The van der Waals surface area contributed by atoms with E-state index in [1.54, 1.807) is 18.2 Å². The highest BCUT2D eigenvalue weighted by atomic mass is 16.5. The molecule has 174 valence electrons. The first kappa shape index (κ1) is 24.0. The second kappa shape index (κ2) is 9.88. The zero-order valence-electron chi connectivity index (χ0n) is 19.9. The standard InChI is InChI=1S/C26H35NO5/c1-6-8-9-12-32-25(30)22-16(3)27-18-14-26(4,5)15-20(29)24(18)23(22)17-10-11-19(28)21(13-17)31-7-2/h10-11,13,22-23,28H,6-9,12,14-15H2,1-5H3/t22?,23-/m0/s1. The van der Waals surface area contributed by atoms with Gasteiger partial charge >= 0.3 is 5.97 Å². The van der Waals surface area contributed by atoms with Crippen LogP contribution in [0, 0.1) is 11.3 Å². The molecule has 2 atom stereocenters. The number of allylic oxidation sites excluding steroid dienone is 2. The molecule has 0 amide bonds. The minimum Gasteiger partial charge on any atom is -0.504 e. The Labute approximate surface area is 190 Å². The Morgan fingerprint density at radius 3 is 2.66 bits per heavy atom. The van der Waals surface area contributed by atoms with Gasteiger partial charge < -0.3 is 14.6 Å². The Morgan fingerprint density at radius 1 is 1.22 bits per heavy atom. The molecule has 1 aromatic rings. The van der Waals surface area contributed by atoms with Gasteiger partial charge in [-0.25, -0.2) is 0 Å². The maximum atomic E-state index is 13.3. The number of ether oxygens (including phenoxy) is 2. The number of rotatable bonds is 8. The first-order valence-corrected chi connectivity index (χ1v) is 11.6. The molecule has 6 heteroatoms. The number of unbranched alkanes of at least 4 members (excludes halogenated alkanes) is 2. The molecule has 1 aliphatic carbocycles. The number of esters is 1. The number of nitrogens with zero attached hydrogens (tertiary/aromatic N) is 1. The number of aromatic hydroxyl groups is 1. The third-order valence-electron chi connectivity index (χ3n) is 6.19. The van der Waals surface area contributed by atoms with E-state index in [0.29, 0.717) is 43.1 Å². The molecule has 0 fully saturated rings. The van der Waals surface area contributed by atoms with Crippen LogP contribution < -0.4 is 4.74 Å². The topological polar surface area (TPSA) is 85.2 Å². The summed E-state index contributed by atoms with van der Waals surface area (Å²) in [6, 6.07) is 5.05. The number of phenols is 1. The highest BCUT2D eigenvalue weighted by molar-refractivity contribution is 6.09. The summed E-state index contributed by atoms with van der Waals surface area (Å²) in [6.07, 6.45) is 3.93. The Balaban J connectivity index is 2.06. The maximum Gasteiger partial charge on any atom is 0.315 e. The van der Waals surface area contributed by atoms with Crippen LogP contribution in [0.2, 0.25) is 0 Å². The van der Waals surface area contributed by atoms with Crippen LogP contribution in [-0.4, -0.2) is 35.8 Å². The summed E-state index contributed by atoms with van der Waals surface area (Å²) >= 11 is 0. The number of aliphatic imine (C=N–C) groups is 1. The molecule has 1 aromatic carbocycles. The number of hydrogen-bond donors (Lipinski definition) is 1. The summed E-state index contributed by atoms with van der Waals surface area (Å²) in [6.45, 7) is 10.7. The number of benzene rings is 1. The smallest absolute Gasteiger partial charge is 0.315 e. The van der Waals surface area contributed by atoms with Crippen LogP contribution in [0.3, 0.4) is 0 Å². The number of phenolic OH excluding ortho intramolecular Hbond substituents is 1. The Hall–Kier alpha value is -2.63. The summed E-state index contributed by atoms with van der Waals surface area (Å²) in [4.78, 5) is 31.3. The molecule has 0 saturated carbocycles. The van der Waals surface area contributed by atoms with Crippen LogP contribution in [0.25, 0.3) is 0 Å². The molecule has 6 nitrogen and oxygen atoms in total. The fourth-order valence-corrected chi connectivity index (χ4v) is 4.72. The van der Waals surface area contributed by atoms with E-state index in [0.717, 1.165) is 30.5 Å². The van der Waals surface area contributed by atoms with Gasteiger partial charge in [0, 0.05) is 29.3 Å². The lowest BCUT2D eigenvalue weighted by atomic mass is 9.67. The lowest BCUT2D eigenvalue weighted by Crippen LogP contribution is -2.39. The molecule has 2 aliphatic rings. The molecule has 0 saturated heterocycles. The lowest BCUT2D eigenvalue weighted by molar-refractivity contribution is -0.146. The van der Waals surface area contributed by atoms with E-state index < -0.39 is 11.8 Å². The van der Waals surface area contributed by atoms with Gasteiger partial charge in [-0.05, 0) is 49.8 Å². The largest absolute Gasteiger partial charge is 0.504 e. The molecule has 1 unspecified atom stereocenters. The molecule has 32 heavy (non-hydrogen) atoms. The van der Waals surface area contributed by atoms with Crippen molar-refractivity contribution >= 4 is 17.5 Å². The van der Waals surface area contributed by atoms with Gasteiger partial charge in [-0.3, -0.25) is 14.6 Å². The number of Topliss-reactive ketones (excluding diaryl/α,β-unsaturated/α-hetero) is 1. The van der Waals surface area contributed by atoms with Gasteiger partial charge in [0.1, 0.15) is 5.92 Å². The van der Waals surface area contributed by atoms with Crippen molar-refractivity contribution in [1.29, 1.82) is 0 Å². The van der Waals surface area contributed by atoms with E-state index in [2.05, 4.69) is 20.8 Å². The molecular formula is C26H35NO5. The SMILES string of the molecule is CCCCCOC(=O)C1C(C)=NC2=C(C(=O)CC(C)(C)C2)[C@H]1c1ccc(O)c(OCC)c1. The van der Waals surface area contributed by atoms with Crippen molar-refractivity contribution in [3.63, 3.8) is 0 Å². The summed E-state index contributed by atoms with van der Waals surface area (Å²) in [5.74, 6) is -1.16. The first-order valence-electron chi connectivity index (χ1n) is 11.6. The molecular weight excluding hydrogens is 406 g/mol. The van der Waals surface area contributed by atoms with Crippen molar-refractivity contribution in [3.05, 3.63) is 35.0 Å². The normalized spacial score (nSPS) is 22.3. The third kappa shape index (κ3) is 5.05. The van der Waals surface area contributed by atoms with Gasteiger partial charge in [0.05, 0.1) is 13.2 Å². The fourth-order valence-electron chi connectivity index (χ4n) is 4.72. The van der Waals surface area contributed by atoms with E-state index in [4.69, 9.17) is 14.5 Å². The van der Waals surface area contributed by atoms with E-state index in [-0.39, 0.29) is 22.9 Å². The van der Waals surface area contributed by atoms with Crippen molar-refractivity contribution in [3.8, 4) is 11.5 Å². The molecule has 1 aliphatic heterocycles. The number of carbonyl (C=O) groups is 2. The predicted molar refractivity (Wildman–Crippen MR) is 124 cm³/mol. The zero-order chi connectivity index (χ0) is 23.5. The summed E-state index contributed by atoms with van der Waals surface area (Å²) in [7, 11) is 0. The van der Waals surface area contributed by atoms with Crippen molar-refractivity contribution in [2.24, 2.45) is 16.3 Å². The van der Waals surface area contributed by atoms with Crippen LogP contribution in [-0.2, 0) is 14.3 Å². The van der Waals surface area contributed by atoms with E-state index in [1.807, 2.05) is 13.8 Å². The second-order valence-corrected chi connectivity index (χ2v) is 9.54. The minimum atomic E-state index is -0.681. The van der Waals surface area contributed by atoms with Gasteiger partial charge in [0.2, 0.25) is 0 Å². The molecule has 3 rings (SSSR count). The zero-order valence-corrected chi connectivity index (χ0v) is 19.9. The number of carbonyl (C=O) groups excluding carboxylic acids is 2. The van der Waals surface area contributed by atoms with E-state index in [9.17, 15) is 14.7 Å². The number of ketones is 1. The lowest BCUT2D eigenvalue weighted by Gasteiger charge is -2.39. The van der Waals surface area contributed by atoms with Crippen molar-refractivity contribution in [2.45, 2.75) is 72.6 Å². The molecule has 1 heterocycles. The Kier molecular flexibility index (Phi) is 7.42. The van der Waals surface area contributed by atoms with Gasteiger partial charge in [-0.15, -0.1) is 0 Å². The van der Waals surface area contributed by atoms with Crippen molar-refractivity contribution in [1.82, 2.24) is 0 Å². The van der Waals surface area contributed by atoms with Crippen LogP contribution in [0.1, 0.15) is 78.2 Å². The van der Waals surface area contributed by atoms with Crippen LogP contribution in [0.15, 0.2) is 34.5 Å². The highest BCUT2D eigenvalue weighted by Crippen LogP contribution is 2.48. The summed E-state index contributed by atoms with van der Waals surface area (Å²) in [5, 5.41) is 10.2. The second-order valence-electron chi connectivity index (χ2n) is 9.54. The Morgan fingerprint density at radius 2 is 1.97 bits per heavy atom. The van der Waals surface area contributed by atoms with Gasteiger partial charge in [-0.2, -0.15) is 0 Å². The molecule has 0 radical (unpaired) electrons. The van der Waals surface area contributed by atoms with Crippen molar-refractivity contribution in [2.75, 3.05) is 13.2 Å². The minimum absolute atomic E-state index is 0.0207. The predicted octanol–water partition coefficient (Wildman–Crippen LogP) is 5.34. The molecule has 0 bridgehead atoms. The van der Waals surface area contributed by atoms with Gasteiger partial charge in [0.15, 0.2) is 17.3 Å². The van der Waals surface area contributed by atoms with Crippen molar-refractivity contribution < 1.29 is 24.2 Å². The van der Waals surface area contributed by atoms with Crippen LogP contribution in [0.5, 0.6) is 11.5 Å². The molecule has 0 spiro atoms. The van der Waals surface area contributed by atoms with Crippen LogP contribution >= 0.6 is 0 Å². The Bertz CT molecular complexity index is 944. The first-order chi connectivity index (χ1) is 15.2. The maximum absolute atomic E-state index is 13.3. The van der Waals surface area contributed by atoms with Gasteiger partial charge in [0.25, 0.3) is 0 Å². The van der Waals surface area contributed by atoms with Gasteiger partial charge in [-0.1, -0.05) is 39.7 Å². The number of hydrogen-bond acceptors (Lipinski definition) is 6.